The van der Waals surface area contributed by atoms with E-state index in [9.17, 15) is 4.21 Å². The summed E-state index contributed by atoms with van der Waals surface area (Å²) in [4.78, 5) is 4.59. The summed E-state index contributed by atoms with van der Waals surface area (Å²) in [6.45, 7) is 2.00. The number of rotatable bonds is 5. The zero-order valence-corrected chi connectivity index (χ0v) is 14.3. The first-order chi connectivity index (χ1) is 10.8. The van der Waals surface area contributed by atoms with Gasteiger partial charge >= 0.3 is 0 Å². The molecule has 0 amide bonds. The fraction of sp³-hybridized carbons (Fsp3) is 0.500. The van der Waals surface area contributed by atoms with E-state index in [1.807, 2.05) is 37.3 Å². The Bertz CT molecular complexity index is 629. The second-order valence-corrected chi connectivity index (χ2v) is 8.35. The minimum atomic E-state index is -0.689. The number of nitrogens with zero attached hydrogens (tertiary/aromatic N) is 2. The van der Waals surface area contributed by atoms with E-state index in [-0.39, 0.29) is 0 Å². The number of benzene rings is 1. The molecule has 6 heteroatoms. The van der Waals surface area contributed by atoms with Crippen LogP contribution in [0.2, 0.25) is 0 Å². The molecular formula is C16H21N3OS2. The van der Waals surface area contributed by atoms with Crippen molar-refractivity contribution >= 4 is 27.5 Å². The SMILES string of the molecule is CCS(=O)C1CCCC(Nc2nc(-c3ccccc3)ns2)C1. The van der Waals surface area contributed by atoms with E-state index in [1.54, 1.807) is 0 Å². The van der Waals surface area contributed by atoms with E-state index < -0.39 is 10.8 Å². The van der Waals surface area contributed by atoms with Gasteiger partial charge in [0.2, 0.25) is 5.13 Å². The maximum absolute atomic E-state index is 12.0. The van der Waals surface area contributed by atoms with Crippen LogP contribution in [-0.2, 0) is 10.8 Å². The smallest absolute Gasteiger partial charge is 0.203 e. The van der Waals surface area contributed by atoms with Crippen LogP contribution in [0.3, 0.4) is 0 Å². The third kappa shape index (κ3) is 3.73. The van der Waals surface area contributed by atoms with Crippen LogP contribution >= 0.6 is 11.5 Å². The number of hydrogen-bond acceptors (Lipinski definition) is 5. The van der Waals surface area contributed by atoms with E-state index in [4.69, 9.17) is 0 Å². The van der Waals surface area contributed by atoms with Crippen LogP contribution in [0.15, 0.2) is 30.3 Å². The Morgan fingerprint density at radius 2 is 2.14 bits per heavy atom. The molecule has 4 nitrogen and oxygen atoms in total. The van der Waals surface area contributed by atoms with E-state index in [0.29, 0.717) is 11.3 Å². The molecule has 0 radical (unpaired) electrons. The Balaban J connectivity index is 1.64. The highest BCUT2D eigenvalue weighted by Crippen LogP contribution is 2.27. The van der Waals surface area contributed by atoms with Crippen LogP contribution < -0.4 is 5.32 Å². The Labute approximate surface area is 138 Å². The van der Waals surface area contributed by atoms with Gasteiger partial charge in [-0.05, 0) is 19.3 Å². The molecule has 3 atom stereocenters. The Hall–Kier alpha value is -1.27. The highest BCUT2D eigenvalue weighted by atomic mass is 32.2. The lowest BCUT2D eigenvalue weighted by atomic mass is 9.95. The zero-order valence-electron chi connectivity index (χ0n) is 12.7. The molecule has 1 aliphatic carbocycles. The summed E-state index contributed by atoms with van der Waals surface area (Å²) in [5.41, 5.74) is 1.04. The van der Waals surface area contributed by atoms with Gasteiger partial charge in [0.1, 0.15) is 0 Å². The highest BCUT2D eigenvalue weighted by Gasteiger charge is 2.26. The molecule has 0 bridgehead atoms. The average molecular weight is 335 g/mol. The van der Waals surface area contributed by atoms with Crippen molar-refractivity contribution in [3.8, 4) is 11.4 Å². The van der Waals surface area contributed by atoms with E-state index in [0.717, 1.165) is 48.0 Å². The topological polar surface area (TPSA) is 54.9 Å². The summed E-state index contributed by atoms with van der Waals surface area (Å²) in [7, 11) is -0.689. The molecule has 1 saturated carbocycles. The number of aromatic nitrogens is 2. The molecule has 1 fully saturated rings. The van der Waals surface area contributed by atoms with Crippen molar-refractivity contribution in [1.29, 1.82) is 0 Å². The molecule has 1 aromatic carbocycles. The molecular weight excluding hydrogens is 314 g/mol. The molecule has 3 unspecified atom stereocenters. The molecule has 0 aliphatic heterocycles. The van der Waals surface area contributed by atoms with Crippen molar-refractivity contribution < 1.29 is 4.21 Å². The largest absolute Gasteiger partial charge is 0.358 e. The quantitative estimate of drug-likeness (QED) is 0.905. The van der Waals surface area contributed by atoms with Crippen molar-refractivity contribution in [2.75, 3.05) is 11.1 Å². The maximum Gasteiger partial charge on any atom is 0.203 e. The predicted molar refractivity (Wildman–Crippen MR) is 93.7 cm³/mol. The molecule has 1 aromatic heterocycles. The van der Waals surface area contributed by atoms with E-state index in [1.165, 1.54) is 11.5 Å². The number of nitrogens with one attached hydrogen (secondary N) is 1. The highest BCUT2D eigenvalue weighted by molar-refractivity contribution is 7.85. The fourth-order valence-electron chi connectivity index (χ4n) is 2.91. The Morgan fingerprint density at radius 3 is 2.91 bits per heavy atom. The lowest BCUT2D eigenvalue weighted by Crippen LogP contribution is -2.32. The summed E-state index contributed by atoms with van der Waals surface area (Å²) in [6, 6.07) is 10.4. The average Bonchev–Trinajstić information content (AvgIpc) is 3.03. The standard InChI is InChI=1S/C16H21N3OS2/c1-2-22(20)14-10-6-9-13(11-14)17-16-18-15(19-21-16)12-7-4-3-5-8-12/h3-5,7-8,13-14H,2,6,9-11H2,1H3,(H,17,18,19). The molecule has 1 N–H and O–H groups in total. The number of hydrogen-bond donors (Lipinski definition) is 1. The van der Waals surface area contributed by atoms with Gasteiger partial charge in [-0.15, -0.1) is 0 Å². The summed E-state index contributed by atoms with van der Waals surface area (Å²) >= 11 is 1.41. The van der Waals surface area contributed by atoms with Gasteiger partial charge in [-0.25, -0.2) is 0 Å². The maximum atomic E-state index is 12.0. The summed E-state index contributed by atoms with van der Waals surface area (Å²) in [5.74, 6) is 1.53. The summed E-state index contributed by atoms with van der Waals surface area (Å²) in [5, 5.41) is 4.69. The van der Waals surface area contributed by atoms with Gasteiger partial charge < -0.3 is 5.32 Å². The predicted octanol–water partition coefficient (Wildman–Crippen LogP) is 3.70. The molecule has 1 aliphatic rings. The fourth-order valence-corrected chi connectivity index (χ4v) is 4.93. The van der Waals surface area contributed by atoms with E-state index in [2.05, 4.69) is 14.7 Å². The molecule has 0 spiro atoms. The van der Waals surface area contributed by atoms with Crippen molar-refractivity contribution in [2.45, 2.75) is 43.9 Å². The molecule has 22 heavy (non-hydrogen) atoms. The first kappa shape index (κ1) is 15.6. The Morgan fingerprint density at radius 1 is 1.32 bits per heavy atom. The second kappa shape index (κ2) is 7.33. The first-order valence-electron chi connectivity index (χ1n) is 7.79. The number of anilines is 1. The van der Waals surface area contributed by atoms with Crippen molar-refractivity contribution in [3.05, 3.63) is 30.3 Å². The third-order valence-corrected chi connectivity index (χ3v) is 6.46. The van der Waals surface area contributed by atoms with Crippen LogP contribution in [0.4, 0.5) is 5.13 Å². The van der Waals surface area contributed by atoms with Gasteiger partial charge in [0, 0.05) is 44.9 Å². The minimum Gasteiger partial charge on any atom is -0.358 e. The monoisotopic (exact) mass is 335 g/mol. The summed E-state index contributed by atoms with van der Waals surface area (Å²) < 4.78 is 16.4. The summed E-state index contributed by atoms with van der Waals surface area (Å²) in [6.07, 6.45) is 4.32. The third-order valence-electron chi connectivity index (χ3n) is 4.07. The van der Waals surface area contributed by atoms with Gasteiger partial charge in [0.15, 0.2) is 5.82 Å². The van der Waals surface area contributed by atoms with Crippen LogP contribution in [0.5, 0.6) is 0 Å². The zero-order chi connectivity index (χ0) is 15.4. The van der Waals surface area contributed by atoms with Crippen LogP contribution in [0.1, 0.15) is 32.6 Å². The molecule has 0 saturated heterocycles. The first-order valence-corrected chi connectivity index (χ1v) is 9.94. The molecule has 118 valence electrons. The van der Waals surface area contributed by atoms with Gasteiger partial charge in [-0.2, -0.15) is 9.36 Å². The van der Waals surface area contributed by atoms with Crippen LogP contribution in [-0.4, -0.2) is 30.6 Å². The molecule has 1 heterocycles. The second-order valence-electron chi connectivity index (χ2n) is 5.59. The van der Waals surface area contributed by atoms with Gasteiger partial charge in [-0.1, -0.05) is 43.7 Å². The normalized spacial score (nSPS) is 23.1. The van der Waals surface area contributed by atoms with Crippen LogP contribution in [0.25, 0.3) is 11.4 Å². The lowest BCUT2D eigenvalue weighted by Gasteiger charge is -2.28. The van der Waals surface area contributed by atoms with Crippen molar-refractivity contribution in [1.82, 2.24) is 9.36 Å². The van der Waals surface area contributed by atoms with E-state index >= 15 is 0 Å². The lowest BCUT2D eigenvalue weighted by molar-refractivity contribution is 0.465. The Kier molecular flexibility index (Phi) is 5.20. The molecule has 3 rings (SSSR count). The molecule has 2 aromatic rings. The van der Waals surface area contributed by atoms with Crippen LogP contribution in [0, 0.1) is 0 Å². The minimum absolute atomic E-state index is 0.331. The van der Waals surface area contributed by atoms with Gasteiger partial charge in [-0.3, -0.25) is 4.21 Å². The van der Waals surface area contributed by atoms with Crippen molar-refractivity contribution in [3.63, 3.8) is 0 Å². The van der Waals surface area contributed by atoms with Gasteiger partial charge in [0.05, 0.1) is 0 Å². The van der Waals surface area contributed by atoms with Crippen molar-refractivity contribution in [2.24, 2.45) is 0 Å². The van der Waals surface area contributed by atoms with Gasteiger partial charge in [0.25, 0.3) is 0 Å².